The fourth-order valence-electron chi connectivity index (χ4n) is 4.85. The molecule has 4 rings (SSSR count). The van der Waals surface area contributed by atoms with Crippen LogP contribution in [0.4, 0.5) is 0 Å². The van der Waals surface area contributed by atoms with Crippen LogP contribution in [0.25, 0.3) is 6.08 Å². The second kappa shape index (κ2) is 14.2. The average Bonchev–Trinajstić information content (AvgIpc) is 3.00. The van der Waals surface area contributed by atoms with Gasteiger partial charge in [0.25, 0.3) is 0 Å². The van der Waals surface area contributed by atoms with Crippen LogP contribution >= 0.6 is 11.6 Å². The standard InChI is InChI=1S/C33H37ClN2O5/c1-33(26-10-5-4-6-11-26,27-13-15-28(34)16-14-27)41-22-21-35-17-19-36(20-18-35)31(37)12-8-7-9-25-23-29(39-2)32(38)30(24-25)40-3/h4-16,23-24,38H,17-22H2,1-3H3. The summed E-state index contributed by atoms with van der Waals surface area (Å²) in [5.41, 5.74) is 2.32. The first-order valence-electron chi connectivity index (χ1n) is 13.6. The van der Waals surface area contributed by atoms with Gasteiger partial charge in [-0.15, -0.1) is 0 Å². The molecule has 1 aliphatic rings. The van der Waals surface area contributed by atoms with Crippen molar-refractivity contribution in [2.45, 2.75) is 12.5 Å². The van der Waals surface area contributed by atoms with Crippen molar-refractivity contribution in [3.63, 3.8) is 0 Å². The Bertz CT molecular complexity index is 1330. The van der Waals surface area contributed by atoms with Gasteiger partial charge in [-0.05, 0) is 47.9 Å². The third kappa shape index (κ3) is 7.70. The molecule has 1 unspecified atom stereocenters. The molecule has 3 aromatic rings. The van der Waals surface area contributed by atoms with Crippen molar-refractivity contribution in [1.29, 1.82) is 0 Å². The summed E-state index contributed by atoms with van der Waals surface area (Å²) in [6, 6.07) is 21.4. The number of aromatic hydroxyl groups is 1. The Morgan fingerprint density at radius 1 is 0.927 bits per heavy atom. The first-order chi connectivity index (χ1) is 19.8. The van der Waals surface area contributed by atoms with E-state index in [2.05, 4.69) is 24.0 Å². The molecule has 1 N–H and O–H groups in total. The van der Waals surface area contributed by atoms with Crippen molar-refractivity contribution in [3.8, 4) is 17.2 Å². The van der Waals surface area contributed by atoms with E-state index >= 15 is 0 Å². The molecule has 0 radical (unpaired) electrons. The fraction of sp³-hybridized carbons (Fsp3) is 0.303. The highest BCUT2D eigenvalue weighted by molar-refractivity contribution is 6.30. The van der Waals surface area contributed by atoms with E-state index < -0.39 is 5.60 Å². The van der Waals surface area contributed by atoms with Crippen LogP contribution in [0.5, 0.6) is 17.2 Å². The van der Waals surface area contributed by atoms with Gasteiger partial charge in [0.1, 0.15) is 5.60 Å². The third-order valence-electron chi connectivity index (χ3n) is 7.34. The van der Waals surface area contributed by atoms with Gasteiger partial charge in [-0.1, -0.05) is 72.3 Å². The van der Waals surface area contributed by atoms with Crippen molar-refractivity contribution in [1.82, 2.24) is 9.80 Å². The molecule has 1 amide bonds. The smallest absolute Gasteiger partial charge is 0.246 e. The van der Waals surface area contributed by atoms with Gasteiger partial charge in [0.2, 0.25) is 11.7 Å². The lowest BCUT2D eigenvalue weighted by Crippen LogP contribution is -2.49. The van der Waals surface area contributed by atoms with Crippen molar-refractivity contribution in [3.05, 3.63) is 107 Å². The molecule has 1 fully saturated rings. The summed E-state index contributed by atoms with van der Waals surface area (Å²) >= 11 is 6.13. The number of benzene rings is 3. The minimum absolute atomic E-state index is 0.0224. The van der Waals surface area contributed by atoms with E-state index in [4.69, 9.17) is 25.8 Å². The summed E-state index contributed by atoms with van der Waals surface area (Å²) in [5, 5.41) is 10.7. The van der Waals surface area contributed by atoms with Crippen molar-refractivity contribution in [2.24, 2.45) is 0 Å². The number of allylic oxidation sites excluding steroid dienone is 2. The molecular formula is C33H37ClN2O5. The normalized spacial score (nSPS) is 15.8. The van der Waals surface area contributed by atoms with Crippen molar-refractivity contribution in [2.75, 3.05) is 53.6 Å². The number of phenols is 1. The summed E-state index contributed by atoms with van der Waals surface area (Å²) in [6.07, 6.45) is 6.89. The van der Waals surface area contributed by atoms with Gasteiger partial charge in [0.05, 0.1) is 20.8 Å². The van der Waals surface area contributed by atoms with Gasteiger partial charge >= 0.3 is 0 Å². The predicted octanol–water partition coefficient (Wildman–Crippen LogP) is 5.76. The highest BCUT2D eigenvalue weighted by Gasteiger charge is 2.30. The van der Waals surface area contributed by atoms with Gasteiger partial charge in [0, 0.05) is 43.8 Å². The highest BCUT2D eigenvalue weighted by Crippen LogP contribution is 2.37. The third-order valence-corrected chi connectivity index (χ3v) is 7.59. The van der Waals surface area contributed by atoms with Crippen LogP contribution in [0.2, 0.25) is 5.02 Å². The minimum atomic E-state index is -0.599. The minimum Gasteiger partial charge on any atom is -0.502 e. The van der Waals surface area contributed by atoms with Crippen LogP contribution in [0.15, 0.2) is 85.0 Å². The maximum atomic E-state index is 12.7. The molecule has 1 saturated heterocycles. The van der Waals surface area contributed by atoms with Crippen LogP contribution in [0.1, 0.15) is 23.6 Å². The molecule has 3 aromatic carbocycles. The lowest BCUT2D eigenvalue weighted by molar-refractivity contribution is -0.127. The topological polar surface area (TPSA) is 71.5 Å². The largest absolute Gasteiger partial charge is 0.502 e. The fourth-order valence-corrected chi connectivity index (χ4v) is 4.97. The van der Waals surface area contributed by atoms with E-state index in [0.29, 0.717) is 36.2 Å². The summed E-state index contributed by atoms with van der Waals surface area (Å²) in [4.78, 5) is 16.9. The lowest BCUT2D eigenvalue weighted by atomic mass is 9.88. The number of ether oxygens (including phenoxy) is 3. The zero-order valence-electron chi connectivity index (χ0n) is 23.8. The van der Waals surface area contributed by atoms with E-state index in [0.717, 1.165) is 36.3 Å². The molecule has 0 spiro atoms. The summed E-state index contributed by atoms with van der Waals surface area (Å²) in [6.45, 7) is 6.32. The Balaban J connectivity index is 1.27. The molecule has 1 heterocycles. The number of halogens is 1. The Labute approximate surface area is 247 Å². The quantitative estimate of drug-likeness (QED) is 0.231. The number of hydrogen-bond donors (Lipinski definition) is 1. The number of nitrogens with zero attached hydrogens (tertiary/aromatic N) is 2. The molecule has 8 heteroatoms. The zero-order chi connectivity index (χ0) is 29.2. The molecule has 41 heavy (non-hydrogen) atoms. The van der Waals surface area contributed by atoms with E-state index in [1.807, 2.05) is 53.4 Å². The molecule has 7 nitrogen and oxygen atoms in total. The summed E-state index contributed by atoms with van der Waals surface area (Å²) in [7, 11) is 2.97. The maximum Gasteiger partial charge on any atom is 0.246 e. The average molecular weight is 577 g/mol. The first kappa shape index (κ1) is 30.2. The molecule has 1 aliphatic heterocycles. The van der Waals surface area contributed by atoms with Gasteiger partial charge in [-0.3, -0.25) is 9.69 Å². The van der Waals surface area contributed by atoms with Crippen LogP contribution in [-0.2, 0) is 15.1 Å². The molecule has 0 aliphatic carbocycles. The number of amides is 1. The monoisotopic (exact) mass is 576 g/mol. The summed E-state index contributed by atoms with van der Waals surface area (Å²) in [5.74, 6) is 0.574. The number of carbonyl (C=O) groups is 1. The van der Waals surface area contributed by atoms with E-state index in [1.54, 1.807) is 30.4 Å². The van der Waals surface area contributed by atoms with Crippen LogP contribution < -0.4 is 9.47 Å². The van der Waals surface area contributed by atoms with Gasteiger partial charge in [-0.25, -0.2) is 0 Å². The molecule has 1 atom stereocenters. The van der Waals surface area contributed by atoms with E-state index in [9.17, 15) is 9.90 Å². The number of phenolic OH excluding ortho intramolecular Hbond substituents is 1. The highest BCUT2D eigenvalue weighted by atomic mass is 35.5. The molecular weight excluding hydrogens is 540 g/mol. The van der Waals surface area contributed by atoms with Gasteiger partial charge in [-0.2, -0.15) is 0 Å². The summed E-state index contributed by atoms with van der Waals surface area (Å²) < 4.78 is 16.9. The first-order valence-corrected chi connectivity index (χ1v) is 14.0. The van der Waals surface area contributed by atoms with Crippen LogP contribution in [-0.4, -0.2) is 74.4 Å². The number of rotatable bonds is 11. The number of hydrogen-bond acceptors (Lipinski definition) is 6. The molecule has 0 aromatic heterocycles. The SMILES string of the molecule is COc1cc(C=CC=CC(=O)N2CCN(CCOC(C)(c3ccccc3)c3ccc(Cl)cc3)CC2)cc(OC)c1O. The van der Waals surface area contributed by atoms with Gasteiger partial charge in [0.15, 0.2) is 11.5 Å². The second-order valence-electron chi connectivity index (χ2n) is 9.91. The molecule has 0 bridgehead atoms. The second-order valence-corrected chi connectivity index (χ2v) is 10.4. The van der Waals surface area contributed by atoms with Crippen LogP contribution in [0, 0.1) is 0 Å². The number of carbonyl (C=O) groups excluding carboxylic acids is 1. The Morgan fingerprint density at radius 2 is 1.54 bits per heavy atom. The maximum absolute atomic E-state index is 12.7. The van der Waals surface area contributed by atoms with Crippen LogP contribution in [0.3, 0.4) is 0 Å². The van der Waals surface area contributed by atoms with E-state index in [-0.39, 0.29) is 11.7 Å². The Kier molecular flexibility index (Phi) is 10.5. The number of piperazine rings is 1. The Hall–Kier alpha value is -3.78. The number of methoxy groups -OCH3 is 2. The zero-order valence-corrected chi connectivity index (χ0v) is 24.5. The van der Waals surface area contributed by atoms with Gasteiger partial charge < -0.3 is 24.2 Å². The Morgan fingerprint density at radius 3 is 2.15 bits per heavy atom. The molecule has 0 saturated carbocycles. The lowest BCUT2D eigenvalue weighted by Gasteiger charge is -2.36. The predicted molar refractivity (Wildman–Crippen MR) is 163 cm³/mol. The van der Waals surface area contributed by atoms with Crippen molar-refractivity contribution < 1.29 is 24.1 Å². The molecule has 216 valence electrons. The van der Waals surface area contributed by atoms with Crippen molar-refractivity contribution >= 4 is 23.6 Å². The van der Waals surface area contributed by atoms with E-state index in [1.165, 1.54) is 14.2 Å².